The van der Waals surface area contributed by atoms with Crippen LogP contribution in [0.5, 0.6) is 5.75 Å². The molecule has 1 N–H and O–H groups in total. The first-order valence-electron chi connectivity index (χ1n) is 7.69. The van der Waals surface area contributed by atoms with Crippen molar-refractivity contribution in [3.05, 3.63) is 48.0 Å². The van der Waals surface area contributed by atoms with Crippen molar-refractivity contribution in [1.82, 2.24) is 19.4 Å². The van der Waals surface area contributed by atoms with Crippen molar-refractivity contribution >= 4 is 28.8 Å². The normalized spacial score (nSPS) is 11.1. The summed E-state index contributed by atoms with van der Waals surface area (Å²) in [5.74, 6) is 1.03. The Morgan fingerprint density at radius 1 is 1.28 bits per heavy atom. The van der Waals surface area contributed by atoms with E-state index in [4.69, 9.17) is 9.15 Å². The van der Waals surface area contributed by atoms with Crippen LogP contribution >= 0.6 is 0 Å². The molecule has 0 bridgehead atoms. The fraction of sp³-hybridized carbons (Fsp3) is 0.176. The van der Waals surface area contributed by atoms with Crippen LogP contribution in [0.25, 0.3) is 16.9 Å². The van der Waals surface area contributed by atoms with Crippen LogP contribution in [0.4, 0.5) is 6.01 Å². The Labute approximate surface area is 142 Å². The quantitative estimate of drug-likeness (QED) is 0.615. The summed E-state index contributed by atoms with van der Waals surface area (Å²) in [6, 6.07) is 7.38. The second-order valence-electron chi connectivity index (χ2n) is 5.63. The number of fused-ring (bicyclic) bond motifs is 2. The van der Waals surface area contributed by atoms with Crippen LogP contribution in [0.3, 0.4) is 0 Å². The van der Waals surface area contributed by atoms with Crippen molar-refractivity contribution in [3.63, 3.8) is 0 Å². The molecule has 0 unspecified atom stereocenters. The lowest BCUT2D eigenvalue weighted by Crippen LogP contribution is -2.05. The maximum Gasteiger partial charge on any atom is 0.302 e. The van der Waals surface area contributed by atoms with E-state index in [9.17, 15) is 4.79 Å². The molecule has 0 aliphatic carbocycles. The zero-order valence-corrected chi connectivity index (χ0v) is 13.7. The van der Waals surface area contributed by atoms with Gasteiger partial charge in [-0.2, -0.15) is 4.98 Å². The topological polar surface area (TPSA) is 94.5 Å². The summed E-state index contributed by atoms with van der Waals surface area (Å²) in [4.78, 5) is 24.0. The number of rotatable bonds is 4. The van der Waals surface area contributed by atoms with Gasteiger partial charge in [0.15, 0.2) is 5.58 Å². The van der Waals surface area contributed by atoms with Crippen LogP contribution < -0.4 is 10.1 Å². The molecule has 8 heteroatoms. The zero-order valence-electron chi connectivity index (χ0n) is 13.7. The Morgan fingerprint density at radius 3 is 3.00 bits per heavy atom. The van der Waals surface area contributed by atoms with Crippen LogP contribution in [-0.2, 0) is 11.4 Å². The van der Waals surface area contributed by atoms with Gasteiger partial charge in [-0.1, -0.05) is 0 Å². The predicted molar refractivity (Wildman–Crippen MR) is 90.4 cm³/mol. The lowest BCUT2D eigenvalue weighted by Gasteiger charge is -2.02. The minimum atomic E-state index is -0.237. The number of nitrogens with one attached hydrogen (secondary N) is 1. The van der Waals surface area contributed by atoms with Gasteiger partial charge in [-0.05, 0) is 25.1 Å². The number of hydrogen-bond acceptors (Lipinski definition) is 6. The van der Waals surface area contributed by atoms with Gasteiger partial charge < -0.3 is 9.15 Å². The number of amides is 1. The standard InChI is InChI=1S/C17H15N5O3/c1-10-5-6-22-8-12(20-16(22)18-10)9-24-13-3-4-14-15(7-13)25-17(21-14)19-11(2)23/h3-8H,9H2,1-2H3,(H,19,21,23). The van der Waals surface area contributed by atoms with Gasteiger partial charge in [0.1, 0.15) is 17.9 Å². The van der Waals surface area contributed by atoms with E-state index in [1.807, 2.05) is 29.8 Å². The molecule has 1 amide bonds. The highest BCUT2D eigenvalue weighted by molar-refractivity contribution is 5.88. The molecule has 126 valence electrons. The van der Waals surface area contributed by atoms with Gasteiger partial charge in [0, 0.05) is 31.1 Å². The smallest absolute Gasteiger partial charge is 0.302 e. The lowest BCUT2D eigenvalue weighted by atomic mass is 10.3. The van der Waals surface area contributed by atoms with Crippen molar-refractivity contribution in [2.24, 2.45) is 0 Å². The van der Waals surface area contributed by atoms with Crippen LogP contribution in [-0.4, -0.2) is 25.3 Å². The Balaban J connectivity index is 1.52. The molecule has 0 fully saturated rings. The molecule has 0 aliphatic heterocycles. The van der Waals surface area contributed by atoms with Crippen molar-refractivity contribution in [1.29, 1.82) is 0 Å². The first-order chi connectivity index (χ1) is 12.1. The van der Waals surface area contributed by atoms with Gasteiger partial charge in [0.05, 0.1) is 5.69 Å². The Hall–Kier alpha value is -3.42. The summed E-state index contributed by atoms with van der Waals surface area (Å²) < 4.78 is 13.1. The summed E-state index contributed by atoms with van der Waals surface area (Å²) in [5, 5.41) is 2.51. The largest absolute Gasteiger partial charge is 0.487 e. The van der Waals surface area contributed by atoms with Crippen LogP contribution in [0, 0.1) is 6.92 Å². The number of benzene rings is 1. The SMILES string of the molecule is CC(=O)Nc1nc2ccc(OCc3cn4ccc(C)nc4n3)cc2o1. The molecule has 0 atom stereocenters. The first-order valence-corrected chi connectivity index (χ1v) is 7.69. The molecule has 0 aliphatic rings. The average molecular weight is 337 g/mol. The highest BCUT2D eigenvalue weighted by Gasteiger charge is 2.09. The van der Waals surface area contributed by atoms with Crippen LogP contribution in [0.2, 0.25) is 0 Å². The summed E-state index contributed by atoms with van der Waals surface area (Å²) in [5.41, 5.74) is 2.86. The predicted octanol–water partition coefficient (Wildman–Crippen LogP) is 2.72. The summed E-state index contributed by atoms with van der Waals surface area (Å²) in [7, 11) is 0. The van der Waals surface area contributed by atoms with Crippen LogP contribution in [0.15, 0.2) is 41.1 Å². The molecule has 0 spiro atoms. The number of anilines is 1. The molecule has 3 heterocycles. The van der Waals surface area contributed by atoms with E-state index in [2.05, 4.69) is 20.3 Å². The number of hydrogen-bond donors (Lipinski definition) is 1. The number of aromatic nitrogens is 4. The Kier molecular flexibility index (Phi) is 3.57. The number of ether oxygens (including phenoxy) is 1. The second-order valence-corrected chi connectivity index (χ2v) is 5.63. The van der Waals surface area contributed by atoms with E-state index in [-0.39, 0.29) is 11.9 Å². The molecule has 3 aromatic heterocycles. The number of imidazole rings is 1. The van der Waals surface area contributed by atoms with Crippen molar-refractivity contribution < 1.29 is 13.9 Å². The molecule has 25 heavy (non-hydrogen) atoms. The molecule has 0 saturated heterocycles. The molecule has 4 rings (SSSR count). The maximum absolute atomic E-state index is 11.1. The van der Waals surface area contributed by atoms with E-state index in [0.717, 1.165) is 11.4 Å². The minimum Gasteiger partial charge on any atom is -0.487 e. The molecule has 0 radical (unpaired) electrons. The molecular formula is C17H15N5O3. The van der Waals surface area contributed by atoms with Crippen molar-refractivity contribution in [2.45, 2.75) is 20.5 Å². The van der Waals surface area contributed by atoms with Gasteiger partial charge >= 0.3 is 6.01 Å². The second kappa shape index (κ2) is 5.90. The third-order valence-electron chi connectivity index (χ3n) is 3.54. The van der Waals surface area contributed by atoms with E-state index in [1.165, 1.54) is 6.92 Å². The summed E-state index contributed by atoms with van der Waals surface area (Å²) in [6.45, 7) is 3.63. The fourth-order valence-corrected chi connectivity index (χ4v) is 2.43. The van der Waals surface area contributed by atoms with Crippen molar-refractivity contribution in [2.75, 3.05) is 5.32 Å². The van der Waals surface area contributed by atoms with E-state index >= 15 is 0 Å². The maximum atomic E-state index is 11.1. The Bertz CT molecular complexity index is 1080. The average Bonchev–Trinajstić information content (AvgIpc) is 3.13. The van der Waals surface area contributed by atoms with E-state index < -0.39 is 0 Å². The number of carbonyl (C=O) groups is 1. The van der Waals surface area contributed by atoms with Gasteiger partial charge in [0.2, 0.25) is 11.7 Å². The number of nitrogens with zero attached hydrogens (tertiary/aromatic N) is 4. The highest BCUT2D eigenvalue weighted by Crippen LogP contribution is 2.24. The molecule has 1 aromatic carbocycles. The first kappa shape index (κ1) is 15.1. The zero-order chi connectivity index (χ0) is 17.4. The van der Waals surface area contributed by atoms with Crippen molar-refractivity contribution in [3.8, 4) is 5.75 Å². The molecule has 4 aromatic rings. The van der Waals surface area contributed by atoms with Gasteiger partial charge in [-0.3, -0.25) is 14.5 Å². The van der Waals surface area contributed by atoms with Gasteiger partial charge in [0.25, 0.3) is 0 Å². The van der Waals surface area contributed by atoms with Crippen LogP contribution in [0.1, 0.15) is 18.3 Å². The van der Waals surface area contributed by atoms with Gasteiger partial charge in [-0.15, -0.1) is 0 Å². The fourth-order valence-electron chi connectivity index (χ4n) is 2.43. The highest BCUT2D eigenvalue weighted by atomic mass is 16.5. The monoisotopic (exact) mass is 337 g/mol. The summed E-state index contributed by atoms with van der Waals surface area (Å²) in [6.07, 6.45) is 3.79. The number of aryl methyl sites for hydroxylation is 1. The molecular weight excluding hydrogens is 322 g/mol. The van der Waals surface area contributed by atoms with E-state index in [0.29, 0.717) is 29.2 Å². The lowest BCUT2D eigenvalue weighted by molar-refractivity contribution is -0.114. The Morgan fingerprint density at radius 2 is 2.16 bits per heavy atom. The molecule has 0 saturated carbocycles. The van der Waals surface area contributed by atoms with E-state index in [1.54, 1.807) is 18.2 Å². The number of carbonyl (C=O) groups excluding carboxylic acids is 1. The number of oxazole rings is 1. The minimum absolute atomic E-state index is 0.168. The summed E-state index contributed by atoms with van der Waals surface area (Å²) >= 11 is 0. The third kappa shape index (κ3) is 3.14. The van der Waals surface area contributed by atoms with Gasteiger partial charge in [-0.25, -0.2) is 9.97 Å². The third-order valence-corrected chi connectivity index (χ3v) is 3.54. The molecule has 8 nitrogen and oxygen atoms in total.